The predicted molar refractivity (Wildman–Crippen MR) is 68.1 cm³/mol. The lowest BCUT2D eigenvalue weighted by atomic mass is 9.77. The summed E-state index contributed by atoms with van der Waals surface area (Å²) in [5, 5.41) is 18.4. The molecule has 2 rings (SSSR count). The summed E-state index contributed by atoms with van der Waals surface area (Å²) in [6, 6.07) is 5.97. The maximum Gasteiger partial charge on any atom is 0.407 e. The molecule has 94 valence electrons. The van der Waals surface area contributed by atoms with Crippen molar-refractivity contribution in [3.05, 3.63) is 28.5 Å². The van der Waals surface area contributed by atoms with Crippen LogP contribution in [0.2, 0.25) is 0 Å². The van der Waals surface area contributed by atoms with E-state index in [4.69, 9.17) is 5.11 Å². The molecule has 0 aromatic carbocycles. The molecule has 1 aromatic rings. The molecule has 2 heterocycles. The monoisotopic (exact) mass is 309 g/mol. The van der Waals surface area contributed by atoms with Gasteiger partial charge in [-0.25, -0.2) is 4.79 Å². The summed E-state index contributed by atoms with van der Waals surface area (Å²) in [5.41, 5.74) is 0.0176. The SMILES string of the molecule is N#CC1(c2ncccc2Br)CCN(C(=O)O)CC1. The molecule has 5 nitrogen and oxygen atoms in total. The van der Waals surface area contributed by atoms with Crippen molar-refractivity contribution in [2.45, 2.75) is 18.3 Å². The first kappa shape index (κ1) is 12.8. The smallest absolute Gasteiger partial charge is 0.407 e. The molecule has 0 radical (unpaired) electrons. The van der Waals surface area contributed by atoms with Gasteiger partial charge in [-0.1, -0.05) is 0 Å². The van der Waals surface area contributed by atoms with Crippen LogP contribution in [0.5, 0.6) is 0 Å². The fourth-order valence-electron chi connectivity index (χ4n) is 2.22. The zero-order chi connectivity index (χ0) is 13.2. The number of pyridine rings is 1. The molecule has 1 amide bonds. The van der Waals surface area contributed by atoms with Crippen LogP contribution in [0.4, 0.5) is 4.79 Å². The van der Waals surface area contributed by atoms with Crippen LogP contribution in [-0.4, -0.2) is 34.2 Å². The Hall–Kier alpha value is -1.61. The third-order valence-corrected chi connectivity index (χ3v) is 3.95. The lowest BCUT2D eigenvalue weighted by Crippen LogP contribution is -2.44. The lowest BCUT2D eigenvalue weighted by molar-refractivity contribution is 0.124. The van der Waals surface area contributed by atoms with Gasteiger partial charge < -0.3 is 10.0 Å². The Morgan fingerprint density at radius 2 is 2.22 bits per heavy atom. The first-order valence-corrected chi connectivity index (χ1v) is 6.38. The second-order valence-corrected chi connectivity index (χ2v) is 5.15. The average Bonchev–Trinajstić information content (AvgIpc) is 2.39. The van der Waals surface area contributed by atoms with Gasteiger partial charge in [0, 0.05) is 23.8 Å². The van der Waals surface area contributed by atoms with Crippen molar-refractivity contribution in [2.24, 2.45) is 0 Å². The van der Waals surface area contributed by atoms with Crippen LogP contribution >= 0.6 is 15.9 Å². The number of nitrogens with zero attached hydrogens (tertiary/aromatic N) is 3. The number of halogens is 1. The fourth-order valence-corrected chi connectivity index (χ4v) is 2.85. The third kappa shape index (κ3) is 2.18. The van der Waals surface area contributed by atoms with Gasteiger partial charge in [0.25, 0.3) is 0 Å². The normalized spacial score (nSPS) is 18.1. The second kappa shape index (κ2) is 4.94. The van der Waals surface area contributed by atoms with Gasteiger partial charge in [-0.3, -0.25) is 4.98 Å². The number of likely N-dealkylation sites (tertiary alicyclic amines) is 1. The fraction of sp³-hybridized carbons (Fsp3) is 0.417. The molecule has 1 N–H and O–H groups in total. The number of piperidine rings is 1. The van der Waals surface area contributed by atoms with Crippen LogP contribution in [-0.2, 0) is 5.41 Å². The first-order chi connectivity index (χ1) is 8.59. The zero-order valence-corrected chi connectivity index (χ0v) is 11.2. The van der Waals surface area contributed by atoms with Gasteiger partial charge >= 0.3 is 6.09 Å². The number of carboxylic acid groups (broad SMARTS) is 1. The van der Waals surface area contributed by atoms with E-state index in [9.17, 15) is 10.1 Å². The minimum Gasteiger partial charge on any atom is -0.465 e. The molecule has 0 aliphatic carbocycles. The number of rotatable bonds is 1. The minimum absolute atomic E-state index is 0.367. The highest BCUT2D eigenvalue weighted by molar-refractivity contribution is 9.10. The Balaban J connectivity index is 2.28. The Bertz CT molecular complexity index is 504. The molecule has 1 aliphatic rings. The van der Waals surface area contributed by atoms with Crippen LogP contribution in [0, 0.1) is 11.3 Å². The molecule has 0 bridgehead atoms. The van der Waals surface area contributed by atoms with Crippen molar-refractivity contribution in [1.29, 1.82) is 5.26 Å². The molecule has 0 atom stereocenters. The largest absolute Gasteiger partial charge is 0.465 e. The van der Waals surface area contributed by atoms with Gasteiger partial charge in [0.15, 0.2) is 0 Å². The number of carbonyl (C=O) groups is 1. The molecule has 1 saturated heterocycles. The Morgan fingerprint density at radius 3 is 2.72 bits per heavy atom. The highest BCUT2D eigenvalue weighted by atomic mass is 79.9. The van der Waals surface area contributed by atoms with Crippen LogP contribution in [0.25, 0.3) is 0 Å². The highest BCUT2D eigenvalue weighted by Gasteiger charge is 2.40. The molecule has 1 aliphatic heterocycles. The van der Waals surface area contributed by atoms with Gasteiger partial charge in [-0.05, 0) is 40.9 Å². The van der Waals surface area contributed by atoms with Crippen molar-refractivity contribution in [3.8, 4) is 6.07 Å². The maximum absolute atomic E-state index is 10.9. The van der Waals surface area contributed by atoms with Crippen molar-refractivity contribution in [3.63, 3.8) is 0 Å². The molecule has 0 spiro atoms. The van der Waals surface area contributed by atoms with Gasteiger partial charge in [0.1, 0.15) is 5.41 Å². The number of hydrogen-bond acceptors (Lipinski definition) is 3. The maximum atomic E-state index is 10.9. The Morgan fingerprint density at radius 1 is 1.56 bits per heavy atom. The molecule has 0 saturated carbocycles. The summed E-state index contributed by atoms with van der Waals surface area (Å²) in [7, 11) is 0. The number of hydrogen-bond donors (Lipinski definition) is 1. The van der Waals surface area contributed by atoms with Crippen LogP contribution in [0.15, 0.2) is 22.8 Å². The molecule has 18 heavy (non-hydrogen) atoms. The molecule has 1 aromatic heterocycles. The van der Waals surface area contributed by atoms with E-state index in [0.29, 0.717) is 31.6 Å². The van der Waals surface area contributed by atoms with Crippen LogP contribution < -0.4 is 0 Å². The lowest BCUT2D eigenvalue weighted by Gasteiger charge is -2.35. The van der Waals surface area contributed by atoms with E-state index in [1.165, 1.54) is 4.90 Å². The number of nitriles is 1. The third-order valence-electron chi connectivity index (χ3n) is 3.31. The standard InChI is InChI=1S/C12H12BrN3O2/c13-9-2-1-5-15-10(9)12(8-14)3-6-16(7-4-12)11(17)18/h1-2,5H,3-4,6-7H2,(H,17,18). The van der Waals surface area contributed by atoms with E-state index in [1.54, 1.807) is 12.3 Å². The summed E-state index contributed by atoms with van der Waals surface area (Å²) in [6.45, 7) is 0.734. The van der Waals surface area contributed by atoms with Crippen molar-refractivity contribution >= 4 is 22.0 Å². The van der Waals surface area contributed by atoms with E-state index < -0.39 is 11.5 Å². The quantitative estimate of drug-likeness (QED) is 0.864. The topological polar surface area (TPSA) is 77.2 Å². The minimum atomic E-state index is -0.929. The molecular formula is C12H12BrN3O2. The zero-order valence-electron chi connectivity index (χ0n) is 9.64. The second-order valence-electron chi connectivity index (χ2n) is 4.30. The highest BCUT2D eigenvalue weighted by Crippen LogP contribution is 2.37. The van der Waals surface area contributed by atoms with E-state index in [1.807, 2.05) is 6.07 Å². The van der Waals surface area contributed by atoms with Gasteiger partial charge in [-0.2, -0.15) is 5.26 Å². The van der Waals surface area contributed by atoms with Gasteiger partial charge in [0.2, 0.25) is 0 Å². The summed E-state index contributed by atoms with van der Waals surface area (Å²) in [5.74, 6) is 0. The number of aromatic nitrogens is 1. The van der Waals surface area contributed by atoms with E-state index >= 15 is 0 Å². The molecule has 1 fully saturated rings. The Kier molecular flexibility index (Phi) is 3.53. The molecule has 0 unspecified atom stereocenters. The van der Waals surface area contributed by atoms with Crippen molar-refractivity contribution in [1.82, 2.24) is 9.88 Å². The van der Waals surface area contributed by atoms with Crippen molar-refractivity contribution < 1.29 is 9.90 Å². The average molecular weight is 310 g/mol. The Labute approximate surface area is 113 Å². The summed E-state index contributed by atoms with van der Waals surface area (Å²) >= 11 is 3.41. The van der Waals surface area contributed by atoms with Crippen LogP contribution in [0.3, 0.4) is 0 Å². The number of amides is 1. The predicted octanol–water partition coefficient (Wildman–Crippen LogP) is 2.38. The van der Waals surface area contributed by atoms with Gasteiger partial charge in [-0.15, -0.1) is 0 Å². The molecular weight excluding hydrogens is 298 g/mol. The van der Waals surface area contributed by atoms with Crippen LogP contribution in [0.1, 0.15) is 18.5 Å². The van der Waals surface area contributed by atoms with E-state index in [-0.39, 0.29) is 0 Å². The van der Waals surface area contributed by atoms with Gasteiger partial charge in [0.05, 0.1) is 11.8 Å². The first-order valence-electron chi connectivity index (χ1n) is 5.59. The summed E-state index contributed by atoms with van der Waals surface area (Å²) in [4.78, 5) is 16.5. The summed E-state index contributed by atoms with van der Waals surface area (Å²) < 4.78 is 0.801. The molecule has 6 heteroatoms. The van der Waals surface area contributed by atoms with E-state index in [0.717, 1.165) is 4.47 Å². The summed E-state index contributed by atoms with van der Waals surface area (Å²) in [6.07, 6.45) is 1.68. The van der Waals surface area contributed by atoms with Crippen molar-refractivity contribution in [2.75, 3.05) is 13.1 Å². The van der Waals surface area contributed by atoms with E-state index in [2.05, 4.69) is 27.0 Å².